The van der Waals surface area contributed by atoms with Gasteiger partial charge in [0, 0.05) is 27.7 Å². The third-order valence-corrected chi connectivity index (χ3v) is 5.21. The van der Waals surface area contributed by atoms with Gasteiger partial charge in [0.05, 0.1) is 10.5 Å². The maximum Gasteiger partial charge on any atom is 0.261 e. The van der Waals surface area contributed by atoms with Gasteiger partial charge in [-0.1, -0.05) is 6.92 Å². The normalized spacial score (nSPS) is 15.2. The van der Waals surface area contributed by atoms with Gasteiger partial charge < -0.3 is 4.90 Å². The van der Waals surface area contributed by atoms with Gasteiger partial charge in [-0.05, 0) is 53.4 Å². The molecule has 0 unspecified atom stereocenters. The molecule has 20 heavy (non-hydrogen) atoms. The fraction of sp³-hybridized carbons (Fsp3) is 0.462. The molecule has 1 amide bonds. The Hall–Kier alpha value is -0.590. The third-order valence-electron chi connectivity index (χ3n) is 3.16. The molecule has 0 atom stereocenters. The van der Waals surface area contributed by atoms with Crippen LogP contribution in [0, 0.1) is 0 Å². The van der Waals surface area contributed by atoms with Crippen molar-refractivity contribution in [3.63, 3.8) is 0 Å². The molecule has 1 aliphatic carbocycles. The summed E-state index contributed by atoms with van der Waals surface area (Å²) in [7, 11) is 1.50. The van der Waals surface area contributed by atoms with Crippen molar-refractivity contribution in [1.29, 1.82) is 0 Å². The first-order valence-corrected chi connectivity index (χ1v) is 9.50. The smallest absolute Gasteiger partial charge is 0.261 e. The zero-order valence-electron chi connectivity index (χ0n) is 11.0. The van der Waals surface area contributed by atoms with Gasteiger partial charge in [-0.2, -0.15) is 0 Å². The first-order chi connectivity index (χ1) is 9.34. The second-order valence-electron chi connectivity index (χ2n) is 4.81. The number of halogens is 2. The second-order valence-corrected chi connectivity index (χ2v) is 8.23. The van der Waals surface area contributed by atoms with E-state index >= 15 is 0 Å². The number of hydrogen-bond donors (Lipinski definition) is 0. The Balaban J connectivity index is 2.37. The Morgan fingerprint density at radius 3 is 2.60 bits per heavy atom. The maximum atomic E-state index is 12.6. The van der Waals surface area contributed by atoms with Gasteiger partial charge in [-0.3, -0.25) is 4.79 Å². The van der Waals surface area contributed by atoms with Crippen LogP contribution >= 0.6 is 26.6 Å². The largest absolute Gasteiger partial charge is 0.336 e. The van der Waals surface area contributed by atoms with Crippen LogP contribution in [0.15, 0.2) is 27.6 Å². The molecule has 1 aromatic rings. The summed E-state index contributed by atoms with van der Waals surface area (Å²) < 4.78 is 23.3. The average molecular weight is 381 g/mol. The highest BCUT2D eigenvalue weighted by molar-refractivity contribution is 9.10. The minimum Gasteiger partial charge on any atom is -0.336 e. The standard InChI is InChI=1S/C13H15BrClNO3S/c1-2-7-16(9-3-4-9)13(17)11-8-10(20(15,18)19)5-6-12(11)14/h5-6,8-9H,2-4,7H2,1H3. The minimum absolute atomic E-state index is 0.0574. The summed E-state index contributed by atoms with van der Waals surface area (Å²) in [6.45, 7) is 2.69. The van der Waals surface area contributed by atoms with E-state index < -0.39 is 9.05 Å². The lowest BCUT2D eigenvalue weighted by atomic mass is 10.2. The number of hydrogen-bond acceptors (Lipinski definition) is 3. The van der Waals surface area contributed by atoms with Crippen LogP contribution in [0.2, 0.25) is 0 Å². The van der Waals surface area contributed by atoms with Crippen LogP contribution in [0.4, 0.5) is 0 Å². The number of rotatable bonds is 5. The molecular weight excluding hydrogens is 366 g/mol. The molecule has 2 rings (SSSR count). The van der Waals surface area contributed by atoms with Crippen LogP contribution in [-0.4, -0.2) is 31.8 Å². The highest BCUT2D eigenvalue weighted by Crippen LogP contribution is 2.31. The van der Waals surface area contributed by atoms with Crippen molar-refractivity contribution >= 4 is 41.6 Å². The molecule has 4 nitrogen and oxygen atoms in total. The molecule has 0 N–H and O–H groups in total. The fourth-order valence-corrected chi connectivity index (χ4v) is 3.25. The summed E-state index contributed by atoms with van der Waals surface area (Å²) in [5, 5.41) is 0. The quantitative estimate of drug-likeness (QED) is 0.736. The van der Waals surface area contributed by atoms with Crippen LogP contribution in [0.5, 0.6) is 0 Å². The topological polar surface area (TPSA) is 54.5 Å². The van der Waals surface area contributed by atoms with Gasteiger partial charge in [-0.25, -0.2) is 8.42 Å². The van der Waals surface area contributed by atoms with Crippen LogP contribution in [0.25, 0.3) is 0 Å². The number of amides is 1. The van der Waals surface area contributed by atoms with Crippen molar-refractivity contribution in [2.45, 2.75) is 37.1 Å². The van der Waals surface area contributed by atoms with Gasteiger partial charge in [0.1, 0.15) is 0 Å². The van der Waals surface area contributed by atoms with E-state index in [-0.39, 0.29) is 16.8 Å². The number of nitrogens with zero attached hydrogens (tertiary/aromatic N) is 1. The van der Waals surface area contributed by atoms with Crippen molar-refractivity contribution in [2.24, 2.45) is 0 Å². The van der Waals surface area contributed by atoms with Crippen LogP contribution in [0.3, 0.4) is 0 Å². The van der Waals surface area contributed by atoms with Crippen molar-refractivity contribution in [3.05, 3.63) is 28.2 Å². The van der Waals surface area contributed by atoms with Crippen molar-refractivity contribution in [2.75, 3.05) is 6.54 Å². The van der Waals surface area contributed by atoms with Crippen molar-refractivity contribution < 1.29 is 13.2 Å². The van der Waals surface area contributed by atoms with Gasteiger partial charge in [0.2, 0.25) is 0 Å². The fourth-order valence-electron chi connectivity index (χ4n) is 2.05. The summed E-state index contributed by atoms with van der Waals surface area (Å²) >= 11 is 3.30. The molecule has 110 valence electrons. The van der Waals surface area contributed by atoms with E-state index in [9.17, 15) is 13.2 Å². The number of carbonyl (C=O) groups excluding carboxylic acids is 1. The Morgan fingerprint density at radius 2 is 2.10 bits per heavy atom. The molecule has 0 heterocycles. The average Bonchev–Trinajstić information content (AvgIpc) is 3.18. The second kappa shape index (κ2) is 6.03. The minimum atomic E-state index is -3.84. The van der Waals surface area contributed by atoms with Crippen LogP contribution < -0.4 is 0 Å². The molecule has 0 aliphatic heterocycles. The molecule has 0 bridgehead atoms. The van der Waals surface area contributed by atoms with E-state index in [4.69, 9.17) is 10.7 Å². The molecule has 0 radical (unpaired) electrons. The summed E-state index contributed by atoms with van der Waals surface area (Å²) in [4.78, 5) is 14.3. The van der Waals surface area contributed by atoms with Crippen molar-refractivity contribution in [1.82, 2.24) is 4.90 Å². The molecule has 1 fully saturated rings. The first kappa shape index (κ1) is 15.8. The lowest BCUT2D eigenvalue weighted by Crippen LogP contribution is -2.34. The molecule has 1 aliphatic rings. The first-order valence-electron chi connectivity index (χ1n) is 6.39. The summed E-state index contributed by atoms with van der Waals surface area (Å²) in [5.74, 6) is -0.150. The molecule has 0 saturated heterocycles. The highest BCUT2D eigenvalue weighted by atomic mass is 79.9. The summed E-state index contributed by atoms with van der Waals surface area (Å²) in [6, 6.07) is 4.54. The van der Waals surface area contributed by atoms with Crippen LogP contribution in [-0.2, 0) is 9.05 Å². The SMILES string of the molecule is CCCN(C(=O)c1cc(S(=O)(=O)Cl)ccc1Br)C1CC1. The lowest BCUT2D eigenvalue weighted by molar-refractivity contribution is 0.0742. The Morgan fingerprint density at radius 1 is 1.45 bits per heavy atom. The van der Waals surface area contributed by atoms with E-state index in [1.807, 2.05) is 11.8 Å². The zero-order chi connectivity index (χ0) is 14.9. The van der Waals surface area contributed by atoms with E-state index in [1.54, 1.807) is 6.07 Å². The monoisotopic (exact) mass is 379 g/mol. The Kier molecular flexibility index (Phi) is 4.76. The predicted octanol–water partition coefficient (Wildman–Crippen LogP) is 3.39. The zero-order valence-corrected chi connectivity index (χ0v) is 14.1. The molecule has 0 spiro atoms. The van der Waals surface area contributed by atoms with Gasteiger partial charge in [-0.15, -0.1) is 0 Å². The molecule has 1 saturated carbocycles. The maximum absolute atomic E-state index is 12.6. The highest BCUT2D eigenvalue weighted by Gasteiger charge is 2.33. The summed E-state index contributed by atoms with van der Waals surface area (Å²) in [6.07, 6.45) is 2.89. The molecular formula is C13H15BrClNO3S. The predicted molar refractivity (Wildman–Crippen MR) is 81.5 cm³/mol. The molecule has 0 aromatic heterocycles. The Bertz CT molecular complexity index is 629. The van der Waals surface area contributed by atoms with Gasteiger partial charge in [0.25, 0.3) is 15.0 Å². The van der Waals surface area contributed by atoms with E-state index in [2.05, 4.69) is 15.9 Å². The number of benzene rings is 1. The lowest BCUT2D eigenvalue weighted by Gasteiger charge is -2.22. The molecule has 7 heteroatoms. The van der Waals surface area contributed by atoms with Gasteiger partial charge >= 0.3 is 0 Å². The van der Waals surface area contributed by atoms with Gasteiger partial charge in [0.15, 0.2) is 0 Å². The molecule has 1 aromatic carbocycles. The van der Waals surface area contributed by atoms with E-state index in [0.29, 0.717) is 16.6 Å². The number of carbonyl (C=O) groups is 1. The van der Waals surface area contributed by atoms with E-state index in [1.165, 1.54) is 12.1 Å². The van der Waals surface area contributed by atoms with E-state index in [0.717, 1.165) is 19.3 Å². The van der Waals surface area contributed by atoms with Crippen molar-refractivity contribution in [3.8, 4) is 0 Å². The summed E-state index contributed by atoms with van der Waals surface area (Å²) in [5.41, 5.74) is 0.340. The van der Waals surface area contributed by atoms with Crippen LogP contribution in [0.1, 0.15) is 36.5 Å². The Labute approximate surface area is 131 Å². The third kappa shape index (κ3) is 3.54.